The maximum atomic E-state index is 12.5. The van der Waals surface area contributed by atoms with Gasteiger partial charge in [0.2, 0.25) is 6.23 Å². The fraction of sp³-hybridized carbons (Fsp3) is 0.250. The van der Waals surface area contributed by atoms with Crippen LogP contribution in [0.2, 0.25) is 5.02 Å². The monoisotopic (exact) mass is 455 g/mol. The summed E-state index contributed by atoms with van der Waals surface area (Å²) in [6.07, 6.45) is 1.36. The molecule has 0 aliphatic carbocycles. The van der Waals surface area contributed by atoms with Gasteiger partial charge in [-0.25, -0.2) is 4.79 Å². The Morgan fingerprint density at radius 2 is 2.00 bits per heavy atom. The molecular formula is C24H22ClNO6. The second kappa shape index (κ2) is 9.06. The zero-order valence-electron chi connectivity index (χ0n) is 17.6. The van der Waals surface area contributed by atoms with Crippen LogP contribution in [0.25, 0.3) is 11.3 Å². The Balaban J connectivity index is 1.86. The fourth-order valence-electron chi connectivity index (χ4n) is 3.70. The second-order valence-corrected chi connectivity index (χ2v) is 7.86. The van der Waals surface area contributed by atoms with E-state index in [1.54, 1.807) is 23.8 Å². The Morgan fingerprint density at radius 1 is 1.22 bits per heavy atom. The molecule has 0 saturated heterocycles. The molecule has 1 aliphatic heterocycles. The Bertz CT molecular complexity index is 1240. The lowest BCUT2D eigenvalue weighted by atomic mass is 10.0. The number of ether oxygens (including phenoxy) is 3. The standard InChI is InChI=1S/C24H22ClNO6/c1-14-6-3-4-7-15(14)23-26-13-17(24(28)29)20(27)11-19(26)16-10-18(25)22(12-21(16)32-23)31-9-5-8-30-2/h3-4,6-7,10-13,23H,5,8-9H2,1-2H3,(H,28,29). The van der Waals surface area contributed by atoms with Gasteiger partial charge in [-0.3, -0.25) is 4.79 Å². The first-order valence-electron chi connectivity index (χ1n) is 10.1. The molecule has 2 aromatic carbocycles. The highest BCUT2D eigenvalue weighted by Gasteiger charge is 2.30. The summed E-state index contributed by atoms with van der Waals surface area (Å²) in [5.41, 5.74) is 1.99. The van der Waals surface area contributed by atoms with Crippen molar-refractivity contribution in [2.75, 3.05) is 20.3 Å². The molecule has 0 bridgehead atoms. The lowest BCUT2D eigenvalue weighted by Gasteiger charge is -2.32. The van der Waals surface area contributed by atoms with Gasteiger partial charge in [0.1, 0.15) is 17.1 Å². The molecule has 1 aliphatic rings. The molecule has 4 rings (SSSR count). The number of nitrogens with zero attached hydrogens (tertiary/aromatic N) is 1. The molecule has 0 spiro atoms. The number of aryl methyl sites for hydroxylation is 1. The Hall–Kier alpha value is -3.29. The molecule has 1 unspecified atom stereocenters. The van der Waals surface area contributed by atoms with E-state index in [1.807, 2.05) is 31.2 Å². The van der Waals surface area contributed by atoms with Crippen molar-refractivity contribution in [3.63, 3.8) is 0 Å². The zero-order valence-corrected chi connectivity index (χ0v) is 18.4. The first-order valence-corrected chi connectivity index (χ1v) is 10.5. The molecule has 0 fully saturated rings. The van der Waals surface area contributed by atoms with E-state index in [0.717, 1.165) is 11.1 Å². The van der Waals surface area contributed by atoms with E-state index >= 15 is 0 Å². The Morgan fingerprint density at radius 3 is 2.72 bits per heavy atom. The predicted octanol–water partition coefficient (Wildman–Crippen LogP) is 4.53. The fourth-order valence-corrected chi connectivity index (χ4v) is 3.92. The summed E-state index contributed by atoms with van der Waals surface area (Å²) >= 11 is 6.45. The first-order chi connectivity index (χ1) is 15.4. The number of aromatic carboxylic acids is 1. The van der Waals surface area contributed by atoms with Crippen molar-refractivity contribution in [3.8, 4) is 22.8 Å². The number of carboxylic acid groups (broad SMARTS) is 1. The molecule has 32 heavy (non-hydrogen) atoms. The highest BCUT2D eigenvalue weighted by atomic mass is 35.5. The van der Waals surface area contributed by atoms with Crippen molar-refractivity contribution in [3.05, 3.63) is 80.6 Å². The number of methoxy groups -OCH3 is 1. The average molecular weight is 456 g/mol. The molecule has 3 aromatic rings. The van der Waals surface area contributed by atoms with Crippen molar-refractivity contribution in [1.29, 1.82) is 0 Å². The minimum absolute atomic E-state index is 0.330. The van der Waals surface area contributed by atoms with Crippen molar-refractivity contribution in [2.24, 2.45) is 0 Å². The summed E-state index contributed by atoms with van der Waals surface area (Å²) < 4.78 is 18.8. The van der Waals surface area contributed by atoms with Crippen LogP contribution in [-0.4, -0.2) is 36.0 Å². The van der Waals surface area contributed by atoms with Gasteiger partial charge in [0.15, 0.2) is 5.43 Å². The molecule has 0 radical (unpaired) electrons. The minimum atomic E-state index is -1.29. The van der Waals surface area contributed by atoms with Crippen LogP contribution in [0, 0.1) is 6.92 Å². The number of fused-ring (bicyclic) bond motifs is 3. The minimum Gasteiger partial charge on any atom is -0.492 e. The van der Waals surface area contributed by atoms with Crippen molar-refractivity contribution in [1.82, 2.24) is 4.57 Å². The van der Waals surface area contributed by atoms with Gasteiger partial charge in [-0.15, -0.1) is 0 Å². The van der Waals surface area contributed by atoms with Crippen LogP contribution in [0.1, 0.15) is 34.1 Å². The maximum absolute atomic E-state index is 12.5. The predicted molar refractivity (Wildman–Crippen MR) is 120 cm³/mol. The molecular weight excluding hydrogens is 434 g/mol. The zero-order chi connectivity index (χ0) is 22.8. The third-order valence-corrected chi connectivity index (χ3v) is 5.61. The number of hydrogen-bond donors (Lipinski definition) is 1. The second-order valence-electron chi connectivity index (χ2n) is 7.45. The average Bonchev–Trinajstić information content (AvgIpc) is 2.76. The smallest absolute Gasteiger partial charge is 0.341 e. The summed E-state index contributed by atoms with van der Waals surface area (Å²) in [5, 5.41) is 9.84. The van der Waals surface area contributed by atoms with Gasteiger partial charge >= 0.3 is 5.97 Å². The molecule has 8 heteroatoms. The van der Waals surface area contributed by atoms with Gasteiger partial charge < -0.3 is 23.9 Å². The van der Waals surface area contributed by atoms with E-state index in [0.29, 0.717) is 47.4 Å². The molecule has 1 N–H and O–H groups in total. The lowest BCUT2D eigenvalue weighted by molar-refractivity contribution is 0.0693. The number of pyridine rings is 1. The van der Waals surface area contributed by atoms with E-state index in [9.17, 15) is 14.7 Å². The van der Waals surface area contributed by atoms with Gasteiger partial charge in [0, 0.05) is 49.6 Å². The molecule has 0 amide bonds. The molecule has 1 aromatic heterocycles. The van der Waals surface area contributed by atoms with Crippen LogP contribution >= 0.6 is 11.6 Å². The SMILES string of the molecule is COCCCOc1cc2c(cc1Cl)-c1cc(=O)c(C(=O)O)cn1C(c1ccccc1C)O2. The summed E-state index contributed by atoms with van der Waals surface area (Å²) in [6, 6.07) is 12.3. The van der Waals surface area contributed by atoms with Crippen molar-refractivity contribution >= 4 is 17.6 Å². The summed E-state index contributed by atoms with van der Waals surface area (Å²) in [7, 11) is 1.63. The summed E-state index contributed by atoms with van der Waals surface area (Å²) in [5.74, 6) is -0.340. The van der Waals surface area contributed by atoms with E-state index in [2.05, 4.69) is 0 Å². The molecule has 166 valence electrons. The van der Waals surface area contributed by atoms with Crippen molar-refractivity contribution < 1.29 is 24.1 Å². The normalized spacial score (nSPS) is 14.3. The number of halogens is 1. The highest BCUT2D eigenvalue weighted by molar-refractivity contribution is 6.32. The number of benzene rings is 2. The highest BCUT2D eigenvalue weighted by Crippen LogP contribution is 2.45. The van der Waals surface area contributed by atoms with Crippen LogP contribution in [-0.2, 0) is 4.74 Å². The van der Waals surface area contributed by atoms with Crippen LogP contribution in [0.15, 0.2) is 53.5 Å². The van der Waals surface area contributed by atoms with Gasteiger partial charge in [-0.2, -0.15) is 0 Å². The van der Waals surface area contributed by atoms with E-state index < -0.39 is 17.6 Å². The maximum Gasteiger partial charge on any atom is 0.341 e. The third kappa shape index (κ3) is 4.09. The first kappa shape index (κ1) is 21.9. The number of rotatable bonds is 7. The Kier molecular flexibility index (Phi) is 6.21. The van der Waals surface area contributed by atoms with Gasteiger partial charge in [0.05, 0.1) is 17.3 Å². The number of aromatic nitrogens is 1. The van der Waals surface area contributed by atoms with Crippen LogP contribution in [0.3, 0.4) is 0 Å². The number of hydrogen-bond acceptors (Lipinski definition) is 5. The van der Waals surface area contributed by atoms with Gasteiger partial charge in [-0.1, -0.05) is 35.9 Å². The largest absolute Gasteiger partial charge is 0.492 e. The topological polar surface area (TPSA) is 87.0 Å². The lowest BCUT2D eigenvalue weighted by Crippen LogP contribution is -2.28. The van der Waals surface area contributed by atoms with Gasteiger partial charge in [-0.05, 0) is 18.6 Å². The molecule has 0 saturated carbocycles. The summed E-state index contributed by atoms with van der Waals surface area (Å²) in [4.78, 5) is 24.1. The Labute approximate surface area is 189 Å². The van der Waals surface area contributed by atoms with Crippen LogP contribution in [0.4, 0.5) is 0 Å². The number of carbonyl (C=O) groups is 1. The van der Waals surface area contributed by atoms with Crippen molar-refractivity contribution in [2.45, 2.75) is 19.6 Å². The molecule has 1 atom stereocenters. The number of carboxylic acids is 1. The van der Waals surface area contributed by atoms with Crippen LogP contribution < -0.4 is 14.9 Å². The van der Waals surface area contributed by atoms with E-state index in [1.165, 1.54) is 12.3 Å². The molecule has 2 heterocycles. The van der Waals surface area contributed by atoms with E-state index in [-0.39, 0.29) is 5.56 Å². The van der Waals surface area contributed by atoms with Crippen LogP contribution in [0.5, 0.6) is 11.5 Å². The summed E-state index contributed by atoms with van der Waals surface area (Å²) in [6.45, 7) is 2.93. The van der Waals surface area contributed by atoms with Gasteiger partial charge in [0.25, 0.3) is 0 Å². The quantitative estimate of drug-likeness (QED) is 0.527. The molecule has 7 nitrogen and oxygen atoms in total. The third-order valence-electron chi connectivity index (χ3n) is 5.32. The van der Waals surface area contributed by atoms with E-state index in [4.69, 9.17) is 25.8 Å².